The van der Waals surface area contributed by atoms with E-state index in [9.17, 15) is 9.59 Å². The van der Waals surface area contributed by atoms with E-state index >= 15 is 0 Å². The molecule has 1 heterocycles. The second-order valence-electron chi connectivity index (χ2n) is 5.83. The summed E-state index contributed by atoms with van der Waals surface area (Å²) in [5, 5.41) is 3.79. The SMILES string of the molecule is COC(=O)C1=C(C)NC2=CCCC(=O)C2C1c1cccc(Cl)c1. The van der Waals surface area contributed by atoms with Crippen molar-refractivity contribution in [2.75, 3.05) is 7.11 Å². The van der Waals surface area contributed by atoms with E-state index in [1.807, 2.05) is 31.2 Å². The van der Waals surface area contributed by atoms with E-state index in [2.05, 4.69) is 5.32 Å². The van der Waals surface area contributed by atoms with Gasteiger partial charge in [0.2, 0.25) is 0 Å². The zero-order valence-corrected chi connectivity index (χ0v) is 13.8. The van der Waals surface area contributed by atoms with Gasteiger partial charge in [0.05, 0.1) is 18.6 Å². The molecule has 1 aromatic rings. The minimum absolute atomic E-state index is 0.133. The van der Waals surface area contributed by atoms with Crippen molar-refractivity contribution in [2.45, 2.75) is 25.7 Å². The summed E-state index contributed by atoms with van der Waals surface area (Å²) in [6, 6.07) is 7.32. The minimum atomic E-state index is -0.419. The molecule has 3 rings (SSSR count). The van der Waals surface area contributed by atoms with E-state index < -0.39 is 5.97 Å². The van der Waals surface area contributed by atoms with Crippen LogP contribution in [0.25, 0.3) is 0 Å². The third-order valence-electron chi connectivity index (χ3n) is 4.43. The Bertz CT molecular complexity index is 736. The fraction of sp³-hybridized carbons (Fsp3) is 0.333. The van der Waals surface area contributed by atoms with Gasteiger partial charge < -0.3 is 10.1 Å². The first kappa shape index (κ1) is 15.8. The maximum absolute atomic E-state index is 12.6. The van der Waals surface area contributed by atoms with Crippen LogP contribution < -0.4 is 5.32 Å². The first-order valence-electron chi connectivity index (χ1n) is 7.57. The number of methoxy groups -OCH3 is 1. The van der Waals surface area contributed by atoms with Gasteiger partial charge in [-0.1, -0.05) is 29.8 Å². The van der Waals surface area contributed by atoms with E-state index in [1.54, 1.807) is 6.07 Å². The van der Waals surface area contributed by atoms with Crippen LogP contribution in [0.4, 0.5) is 0 Å². The first-order valence-corrected chi connectivity index (χ1v) is 7.95. The second-order valence-corrected chi connectivity index (χ2v) is 6.27. The number of fused-ring (bicyclic) bond motifs is 1. The number of ketones is 1. The number of allylic oxidation sites excluding steroid dienone is 3. The Morgan fingerprint density at radius 3 is 2.83 bits per heavy atom. The van der Waals surface area contributed by atoms with Crippen LogP contribution >= 0.6 is 11.6 Å². The number of hydrogen-bond donors (Lipinski definition) is 1. The van der Waals surface area contributed by atoms with Crippen molar-refractivity contribution in [2.24, 2.45) is 5.92 Å². The molecule has 0 saturated heterocycles. The van der Waals surface area contributed by atoms with E-state index in [-0.39, 0.29) is 17.6 Å². The normalized spacial score (nSPS) is 23.8. The number of ether oxygens (including phenoxy) is 1. The third-order valence-corrected chi connectivity index (χ3v) is 4.67. The van der Waals surface area contributed by atoms with E-state index in [4.69, 9.17) is 16.3 Å². The Balaban J connectivity index is 2.20. The molecule has 0 radical (unpaired) electrons. The molecule has 2 aliphatic rings. The van der Waals surface area contributed by atoms with Crippen molar-refractivity contribution in [3.8, 4) is 0 Å². The summed E-state index contributed by atoms with van der Waals surface area (Å²) in [4.78, 5) is 24.9. The Kier molecular flexibility index (Phi) is 4.26. The molecule has 0 fully saturated rings. The van der Waals surface area contributed by atoms with E-state index in [0.29, 0.717) is 17.0 Å². The molecule has 23 heavy (non-hydrogen) atoms. The van der Waals surface area contributed by atoms with Crippen LogP contribution in [-0.4, -0.2) is 18.9 Å². The molecule has 1 aliphatic heterocycles. The zero-order valence-electron chi connectivity index (χ0n) is 13.1. The number of carbonyl (C=O) groups excluding carboxylic acids is 2. The van der Waals surface area contributed by atoms with Crippen LogP contribution in [0, 0.1) is 5.92 Å². The molecular formula is C18H18ClNO3. The van der Waals surface area contributed by atoms with Crippen LogP contribution in [0.1, 0.15) is 31.2 Å². The number of halogens is 1. The number of Topliss-reactive ketones (excluding diaryl/α,β-unsaturated/α-hetero) is 1. The number of nitrogens with one attached hydrogen (secondary N) is 1. The standard InChI is InChI=1S/C18H18ClNO3/c1-10-15(18(22)23-2)16(11-5-3-6-12(19)9-11)17-13(20-10)7-4-8-14(17)21/h3,5-7,9,16-17,20H,4,8H2,1-2H3. The van der Waals surface area contributed by atoms with Crippen LogP contribution in [0.5, 0.6) is 0 Å². The van der Waals surface area contributed by atoms with Gasteiger partial charge in [-0.05, 0) is 31.0 Å². The van der Waals surface area contributed by atoms with Gasteiger partial charge in [-0.2, -0.15) is 0 Å². The van der Waals surface area contributed by atoms with E-state index in [1.165, 1.54) is 7.11 Å². The maximum Gasteiger partial charge on any atom is 0.336 e. The highest BCUT2D eigenvalue weighted by Crippen LogP contribution is 2.44. The second kappa shape index (κ2) is 6.20. The summed E-state index contributed by atoms with van der Waals surface area (Å²) < 4.78 is 4.96. The topological polar surface area (TPSA) is 55.4 Å². The lowest BCUT2D eigenvalue weighted by Gasteiger charge is -2.37. The first-order chi connectivity index (χ1) is 11.0. The monoisotopic (exact) mass is 331 g/mol. The van der Waals surface area contributed by atoms with Crippen LogP contribution in [0.2, 0.25) is 5.02 Å². The molecule has 1 aromatic carbocycles. The molecule has 0 bridgehead atoms. The predicted octanol–water partition coefficient (Wildman–Crippen LogP) is 3.34. The molecule has 1 aliphatic carbocycles. The molecule has 2 atom stereocenters. The zero-order chi connectivity index (χ0) is 16.6. The van der Waals surface area contributed by atoms with Crippen LogP contribution in [-0.2, 0) is 14.3 Å². The van der Waals surface area contributed by atoms with Crippen LogP contribution in [0.3, 0.4) is 0 Å². The molecule has 2 unspecified atom stereocenters. The highest BCUT2D eigenvalue weighted by atomic mass is 35.5. The van der Waals surface area contributed by atoms with Gasteiger partial charge >= 0.3 is 5.97 Å². The van der Waals surface area contributed by atoms with Gasteiger partial charge in [0, 0.05) is 28.8 Å². The van der Waals surface area contributed by atoms with Gasteiger partial charge in [-0.15, -0.1) is 0 Å². The summed E-state index contributed by atoms with van der Waals surface area (Å²) in [6.07, 6.45) is 3.25. The number of rotatable bonds is 2. The molecule has 0 saturated carbocycles. The number of carbonyl (C=O) groups is 2. The number of hydrogen-bond acceptors (Lipinski definition) is 4. The smallest absolute Gasteiger partial charge is 0.336 e. The summed E-state index contributed by atoms with van der Waals surface area (Å²) >= 11 is 6.13. The van der Waals surface area contributed by atoms with Crippen molar-refractivity contribution in [3.05, 3.63) is 57.9 Å². The maximum atomic E-state index is 12.6. The summed E-state index contributed by atoms with van der Waals surface area (Å²) in [6.45, 7) is 1.83. The van der Waals surface area contributed by atoms with Gasteiger partial charge in [-0.25, -0.2) is 4.79 Å². The van der Waals surface area contributed by atoms with Gasteiger partial charge in [0.25, 0.3) is 0 Å². The lowest BCUT2D eigenvalue weighted by molar-refractivity contribution is -0.136. The average molecular weight is 332 g/mol. The highest BCUT2D eigenvalue weighted by Gasteiger charge is 2.43. The quantitative estimate of drug-likeness (QED) is 0.844. The Morgan fingerprint density at radius 2 is 2.13 bits per heavy atom. The van der Waals surface area contributed by atoms with Crippen molar-refractivity contribution in [1.29, 1.82) is 0 Å². The Labute approximate surface area is 140 Å². The van der Waals surface area contributed by atoms with E-state index in [0.717, 1.165) is 23.4 Å². The van der Waals surface area contributed by atoms with Crippen LogP contribution in [0.15, 0.2) is 47.3 Å². The summed E-state index contributed by atoms with van der Waals surface area (Å²) in [7, 11) is 1.35. The minimum Gasteiger partial charge on any atom is -0.466 e. The van der Waals surface area contributed by atoms with Gasteiger partial charge in [0.1, 0.15) is 5.78 Å². The fourth-order valence-corrected chi connectivity index (χ4v) is 3.65. The van der Waals surface area contributed by atoms with Gasteiger partial charge in [-0.3, -0.25) is 4.79 Å². The van der Waals surface area contributed by atoms with Crippen molar-refractivity contribution in [1.82, 2.24) is 5.32 Å². The molecule has 0 spiro atoms. The molecule has 1 N–H and O–H groups in total. The lowest BCUT2D eigenvalue weighted by atomic mass is 9.71. The lowest BCUT2D eigenvalue weighted by Crippen LogP contribution is -2.40. The van der Waals surface area contributed by atoms with Crippen molar-refractivity contribution >= 4 is 23.4 Å². The largest absolute Gasteiger partial charge is 0.466 e. The molecule has 0 amide bonds. The third kappa shape index (κ3) is 2.79. The number of benzene rings is 1. The highest BCUT2D eigenvalue weighted by molar-refractivity contribution is 6.30. The van der Waals surface area contributed by atoms with Gasteiger partial charge in [0.15, 0.2) is 0 Å². The summed E-state index contributed by atoms with van der Waals surface area (Å²) in [5.74, 6) is -1.05. The molecule has 4 nitrogen and oxygen atoms in total. The fourth-order valence-electron chi connectivity index (χ4n) is 3.45. The summed E-state index contributed by atoms with van der Waals surface area (Å²) in [5.41, 5.74) is 2.94. The molecule has 0 aromatic heterocycles. The molecule has 5 heteroatoms. The van der Waals surface area contributed by atoms with Crippen molar-refractivity contribution in [3.63, 3.8) is 0 Å². The average Bonchev–Trinajstić information content (AvgIpc) is 2.53. The van der Waals surface area contributed by atoms with Crippen molar-refractivity contribution < 1.29 is 14.3 Å². The molecular weight excluding hydrogens is 314 g/mol. The predicted molar refractivity (Wildman–Crippen MR) is 87.9 cm³/mol. The number of esters is 1. The Morgan fingerprint density at radius 1 is 1.35 bits per heavy atom. The molecule has 120 valence electrons. The Hall–Kier alpha value is -2.07.